The number of halogens is 1. The van der Waals surface area contributed by atoms with Gasteiger partial charge in [-0.15, -0.1) is 0 Å². The van der Waals surface area contributed by atoms with E-state index >= 15 is 0 Å². The highest BCUT2D eigenvalue weighted by atomic mass is 35.5. The molecule has 1 spiro atoms. The van der Waals surface area contributed by atoms with E-state index in [9.17, 15) is 15.2 Å². The van der Waals surface area contributed by atoms with Gasteiger partial charge >= 0.3 is 5.97 Å². The van der Waals surface area contributed by atoms with Crippen LogP contribution in [-0.4, -0.2) is 77.8 Å². The number of rotatable bonds is 15. The summed E-state index contributed by atoms with van der Waals surface area (Å²) in [7, 11) is 0. The number of carboxylic acids is 1. The van der Waals surface area contributed by atoms with Crippen LogP contribution in [-0.2, 0) is 24.6 Å². The summed E-state index contributed by atoms with van der Waals surface area (Å²) in [5.74, 6) is 1.08. The Morgan fingerprint density at radius 1 is 0.946 bits per heavy atom. The Morgan fingerprint density at radius 2 is 1.75 bits per heavy atom. The van der Waals surface area contributed by atoms with Gasteiger partial charge in [0.2, 0.25) is 0 Å². The summed E-state index contributed by atoms with van der Waals surface area (Å²) in [5, 5.41) is 23.2. The molecule has 56 heavy (non-hydrogen) atoms. The molecular formula is C45H52ClN5O5. The molecule has 294 valence electrons. The number of carboxylic acid groups (broad SMARTS) is 1. The third-order valence-corrected chi connectivity index (χ3v) is 12.0. The lowest BCUT2D eigenvalue weighted by Crippen LogP contribution is -2.61. The number of hydrogen-bond acceptors (Lipinski definition) is 9. The first-order valence-corrected chi connectivity index (χ1v) is 20.2. The van der Waals surface area contributed by atoms with Crippen LogP contribution in [0.25, 0.3) is 11.1 Å². The van der Waals surface area contributed by atoms with E-state index in [4.69, 9.17) is 25.8 Å². The molecule has 0 aliphatic carbocycles. The van der Waals surface area contributed by atoms with E-state index in [1.165, 1.54) is 32.1 Å². The SMILES string of the molecule is Cc1c(COc2cc(OCc3cncc(C#N)c3)c(CN3CCCC[C@H]3C(=O)O)cc2Cl)cccc1-c1cccc(OCCCN2CCCC3(CNC3)C2)c1C. The van der Waals surface area contributed by atoms with Gasteiger partial charge in [-0.25, -0.2) is 0 Å². The maximum absolute atomic E-state index is 12.1. The number of likely N-dealkylation sites (tertiary alicyclic amines) is 2. The first kappa shape index (κ1) is 39.6. The van der Waals surface area contributed by atoms with Crippen LogP contribution < -0.4 is 19.5 Å². The number of pyridine rings is 1. The van der Waals surface area contributed by atoms with Gasteiger partial charge in [-0.05, 0) is 105 Å². The number of nitrogens with zero attached hydrogens (tertiary/aromatic N) is 4. The van der Waals surface area contributed by atoms with Gasteiger partial charge in [-0.3, -0.25) is 14.7 Å². The highest BCUT2D eigenvalue weighted by Gasteiger charge is 2.40. The smallest absolute Gasteiger partial charge is 0.320 e. The van der Waals surface area contributed by atoms with Gasteiger partial charge in [-0.2, -0.15) is 5.26 Å². The van der Waals surface area contributed by atoms with Gasteiger partial charge in [0.1, 0.15) is 42.6 Å². The number of hydrogen-bond donors (Lipinski definition) is 2. The van der Waals surface area contributed by atoms with Gasteiger partial charge in [0.05, 0.1) is 17.2 Å². The minimum absolute atomic E-state index is 0.166. The minimum Gasteiger partial charge on any atom is -0.493 e. The third kappa shape index (κ3) is 9.30. The number of ether oxygens (including phenoxy) is 3. The summed E-state index contributed by atoms with van der Waals surface area (Å²) in [6, 6.07) is 19.4. The Labute approximate surface area is 335 Å². The molecule has 3 saturated heterocycles. The Bertz CT molecular complexity index is 2060. The zero-order valence-corrected chi connectivity index (χ0v) is 33.2. The van der Waals surface area contributed by atoms with E-state index in [-0.39, 0.29) is 13.2 Å². The van der Waals surface area contributed by atoms with Crippen molar-refractivity contribution in [3.63, 3.8) is 0 Å². The number of carbonyl (C=O) groups is 1. The third-order valence-electron chi connectivity index (χ3n) is 11.7. The topological polar surface area (TPSA) is 120 Å². The zero-order chi connectivity index (χ0) is 39.1. The predicted octanol–water partition coefficient (Wildman–Crippen LogP) is 7.94. The first-order chi connectivity index (χ1) is 27.2. The van der Waals surface area contributed by atoms with E-state index in [0.29, 0.717) is 53.6 Å². The molecule has 3 fully saturated rings. The number of nitriles is 1. The van der Waals surface area contributed by atoms with Crippen molar-refractivity contribution < 1.29 is 24.1 Å². The van der Waals surface area contributed by atoms with E-state index < -0.39 is 12.0 Å². The van der Waals surface area contributed by atoms with Crippen molar-refractivity contribution in [3.05, 3.63) is 105 Å². The van der Waals surface area contributed by atoms with Gasteiger partial charge < -0.3 is 29.5 Å². The lowest BCUT2D eigenvalue weighted by molar-refractivity contribution is -0.144. The van der Waals surface area contributed by atoms with Crippen LogP contribution in [0.5, 0.6) is 17.2 Å². The molecule has 11 heteroatoms. The van der Waals surface area contributed by atoms with Crippen LogP contribution >= 0.6 is 11.6 Å². The van der Waals surface area contributed by atoms with Gasteiger partial charge in [0, 0.05) is 67.7 Å². The number of aromatic nitrogens is 1. The quantitative estimate of drug-likeness (QED) is 0.115. The van der Waals surface area contributed by atoms with Crippen LogP contribution in [0.2, 0.25) is 5.02 Å². The lowest BCUT2D eigenvalue weighted by Gasteiger charge is -2.49. The fraction of sp³-hybridized carbons (Fsp3) is 0.444. The number of nitrogens with one attached hydrogen (secondary N) is 1. The monoisotopic (exact) mass is 777 g/mol. The second-order valence-corrected chi connectivity index (χ2v) is 16.1. The molecule has 7 rings (SSSR count). The predicted molar refractivity (Wildman–Crippen MR) is 217 cm³/mol. The Hall–Kier alpha value is -4.66. The average molecular weight is 778 g/mol. The summed E-state index contributed by atoms with van der Waals surface area (Å²) in [4.78, 5) is 20.8. The number of piperidine rings is 2. The van der Waals surface area contributed by atoms with Gasteiger partial charge in [-0.1, -0.05) is 48.4 Å². The van der Waals surface area contributed by atoms with Crippen molar-refractivity contribution in [2.24, 2.45) is 5.41 Å². The fourth-order valence-corrected chi connectivity index (χ4v) is 8.74. The number of aliphatic carboxylic acids is 1. The lowest BCUT2D eigenvalue weighted by atomic mass is 9.75. The zero-order valence-electron chi connectivity index (χ0n) is 32.5. The number of benzene rings is 3. The fourth-order valence-electron chi connectivity index (χ4n) is 8.50. The molecule has 10 nitrogen and oxygen atoms in total. The van der Waals surface area contributed by atoms with Crippen molar-refractivity contribution in [2.75, 3.05) is 45.9 Å². The first-order valence-electron chi connectivity index (χ1n) is 19.9. The van der Waals surface area contributed by atoms with E-state index in [1.807, 2.05) is 11.0 Å². The van der Waals surface area contributed by atoms with Crippen LogP contribution in [0.1, 0.15) is 71.9 Å². The average Bonchev–Trinajstić information content (AvgIpc) is 3.19. The summed E-state index contributed by atoms with van der Waals surface area (Å²) in [6.07, 6.45) is 9.21. The van der Waals surface area contributed by atoms with Gasteiger partial charge in [0.15, 0.2) is 0 Å². The molecule has 4 heterocycles. The molecule has 3 aromatic carbocycles. The highest BCUT2D eigenvalue weighted by molar-refractivity contribution is 6.32. The normalized spacial score (nSPS) is 18.2. The molecule has 3 aliphatic rings. The molecule has 0 unspecified atom stereocenters. The van der Waals surface area contributed by atoms with Crippen LogP contribution in [0.3, 0.4) is 0 Å². The molecule has 3 aliphatic heterocycles. The Morgan fingerprint density at radius 3 is 2.54 bits per heavy atom. The molecule has 1 aromatic heterocycles. The van der Waals surface area contributed by atoms with E-state index in [0.717, 1.165) is 83.6 Å². The van der Waals surface area contributed by atoms with E-state index in [1.54, 1.807) is 18.3 Å². The van der Waals surface area contributed by atoms with Crippen LogP contribution in [0.4, 0.5) is 0 Å². The van der Waals surface area contributed by atoms with Crippen molar-refractivity contribution >= 4 is 17.6 Å². The maximum Gasteiger partial charge on any atom is 0.320 e. The molecule has 0 saturated carbocycles. The highest BCUT2D eigenvalue weighted by Crippen LogP contribution is 2.38. The Balaban J connectivity index is 1.04. The van der Waals surface area contributed by atoms with Gasteiger partial charge in [0.25, 0.3) is 0 Å². The van der Waals surface area contributed by atoms with Crippen LogP contribution in [0, 0.1) is 30.6 Å². The summed E-state index contributed by atoms with van der Waals surface area (Å²) < 4.78 is 19.1. The van der Waals surface area contributed by atoms with Crippen LogP contribution in [0.15, 0.2) is 67.0 Å². The minimum atomic E-state index is -0.826. The molecular weight excluding hydrogens is 726 g/mol. The second-order valence-electron chi connectivity index (χ2n) is 15.7. The van der Waals surface area contributed by atoms with Crippen molar-refractivity contribution in [2.45, 2.75) is 78.2 Å². The molecule has 2 N–H and O–H groups in total. The van der Waals surface area contributed by atoms with Crippen molar-refractivity contribution in [3.8, 4) is 34.4 Å². The molecule has 1 atom stereocenters. The molecule has 0 bridgehead atoms. The van der Waals surface area contributed by atoms with Crippen molar-refractivity contribution in [1.82, 2.24) is 20.1 Å². The largest absolute Gasteiger partial charge is 0.493 e. The maximum atomic E-state index is 12.1. The van der Waals surface area contributed by atoms with E-state index in [2.05, 4.69) is 71.5 Å². The summed E-state index contributed by atoms with van der Waals surface area (Å²) in [6.45, 7) is 12.2. The second kappa shape index (κ2) is 18.1. The molecule has 4 aromatic rings. The Kier molecular flexibility index (Phi) is 12.8. The summed E-state index contributed by atoms with van der Waals surface area (Å²) >= 11 is 6.88. The van der Waals surface area contributed by atoms with Crippen molar-refractivity contribution in [1.29, 1.82) is 5.26 Å². The molecule has 0 radical (unpaired) electrons. The summed E-state index contributed by atoms with van der Waals surface area (Å²) in [5.41, 5.74) is 7.94. The standard InChI is InChI=1S/C45H52ClN5O5/c1-31-35(9-5-10-37(31)38-11-6-13-41(32(38)2)54-18-8-16-50-15-7-14-45(30-50)28-49-29-45)27-56-43-21-42(55-26-34-19-33(22-47)23-48-24-34)36(20-39(43)46)25-51-17-4-3-12-40(51)44(52)53/h5-6,9-11,13,19-21,23-24,40,49H,3-4,7-8,12,14-18,25-30H2,1-2H3,(H,52,53)/t40-/m0/s1. The molecule has 0 amide bonds.